The van der Waals surface area contributed by atoms with Crippen LogP contribution in [0, 0.1) is 27.7 Å². The Kier molecular flexibility index (Phi) is 5.70. The fraction of sp³-hybridized carbons (Fsp3) is 0.556. The predicted octanol–water partition coefficient (Wildman–Crippen LogP) is 2.74. The number of rotatable bonds is 6. The fourth-order valence-corrected chi connectivity index (χ4v) is 2.92. The summed E-state index contributed by atoms with van der Waals surface area (Å²) in [5.41, 5.74) is 4.50. The van der Waals surface area contributed by atoms with E-state index < -0.39 is 0 Å². The lowest BCUT2D eigenvalue weighted by Gasteiger charge is -2.12. The van der Waals surface area contributed by atoms with Crippen LogP contribution < -0.4 is 5.32 Å². The normalized spacial score (nSPS) is 12.2. The van der Waals surface area contributed by atoms with Crippen molar-refractivity contribution in [1.29, 1.82) is 0 Å². The summed E-state index contributed by atoms with van der Waals surface area (Å²) in [6.07, 6.45) is 2.37. The smallest absolute Gasteiger partial charge is 0.251 e. The number of amides is 1. The molecule has 0 spiro atoms. The Hall–Kier alpha value is -2.24. The van der Waals surface area contributed by atoms with Gasteiger partial charge in [0.15, 0.2) is 0 Å². The van der Waals surface area contributed by atoms with Crippen LogP contribution in [0.25, 0.3) is 5.95 Å². The lowest BCUT2D eigenvalue weighted by Crippen LogP contribution is -2.33. The van der Waals surface area contributed by atoms with E-state index >= 15 is 0 Å². The van der Waals surface area contributed by atoms with Gasteiger partial charge in [0, 0.05) is 28.7 Å². The topological polar surface area (TPSA) is 72.7 Å². The maximum Gasteiger partial charge on any atom is 0.251 e. The van der Waals surface area contributed by atoms with Crippen molar-refractivity contribution in [3.8, 4) is 5.95 Å². The van der Waals surface area contributed by atoms with E-state index in [2.05, 4.69) is 27.3 Å². The average molecular weight is 329 g/mol. The van der Waals surface area contributed by atoms with E-state index in [1.807, 2.05) is 40.7 Å². The third-order valence-corrected chi connectivity index (χ3v) is 4.07. The van der Waals surface area contributed by atoms with Crippen molar-refractivity contribution in [1.82, 2.24) is 25.1 Å². The van der Waals surface area contributed by atoms with Gasteiger partial charge < -0.3 is 5.32 Å². The second-order valence-corrected chi connectivity index (χ2v) is 6.45. The minimum Gasteiger partial charge on any atom is -0.353 e. The summed E-state index contributed by atoms with van der Waals surface area (Å²) in [6, 6.07) is 2.12. The lowest BCUT2D eigenvalue weighted by molar-refractivity contribution is -0.121. The number of nitrogens with zero attached hydrogens (tertiary/aromatic N) is 4. The monoisotopic (exact) mass is 329 g/mol. The Morgan fingerprint density at radius 1 is 1.21 bits per heavy atom. The van der Waals surface area contributed by atoms with Crippen molar-refractivity contribution >= 4 is 5.91 Å². The van der Waals surface area contributed by atoms with Crippen molar-refractivity contribution in [3.63, 3.8) is 0 Å². The highest BCUT2D eigenvalue weighted by Crippen LogP contribution is 2.17. The van der Waals surface area contributed by atoms with Crippen molar-refractivity contribution in [2.24, 2.45) is 0 Å². The van der Waals surface area contributed by atoms with Crippen LogP contribution in [-0.2, 0) is 11.2 Å². The molecule has 6 heteroatoms. The second kappa shape index (κ2) is 7.55. The number of carbonyl (C=O) groups excluding carboxylic acids is 1. The van der Waals surface area contributed by atoms with Gasteiger partial charge in [-0.05, 0) is 47.1 Å². The minimum absolute atomic E-state index is 0.0306. The first-order valence-corrected chi connectivity index (χ1v) is 8.49. The molecule has 1 N–H and O–H groups in total. The molecule has 0 saturated heterocycles. The van der Waals surface area contributed by atoms with Gasteiger partial charge in [0.05, 0.1) is 12.1 Å². The number of carbonyl (C=O) groups is 1. The molecule has 130 valence electrons. The van der Waals surface area contributed by atoms with E-state index in [9.17, 15) is 4.79 Å². The number of hydrogen-bond donors (Lipinski definition) is 1. The van der Waals surface area contributed by atoms with Crippen molar-refractivity contribution in [2.75, 3.05) is 0 Å². The Morgan fingerprint density at radius 3 is 2.42 bits per heavy atom. The summed E-state index contributed by atoms with van der Waals surface area (Å²) in [4.78, 5) is 21.2. The van der Waals surface area contributed by atoms with Crippen LogP contribution in [0.3, 0.4) is 0 Å². The van der Waals surface area contributed by atoms with E-state index in [0.29, 0.717) is 12.4 Å². The molecule has 0 fully saturated rings. The highest BCUT2D eigenvalue weighted by molar-refractivity contribution is 5.79. The van der Waals surface area contributed by atoms with Crippen molar-refractivity contribution in [3.05, 3.63) is 34.4 Å². The Morgan fingerprint density at radius 2 is 1.83 bits per heavy atom. The van der Waals surface area contributed by atoms with Crippen LogP contribution in [0.1, 0.15) is 55.0 Å². The van der Waals surface area contributed by atoms with Crippen molar-refractivity contribution < 1.29 is 4.79 Å². The van der Waals surface area contributed by atoms with Gasteiger partial charge in [-0.15, -0.1) is 0 Å². The second-order valence-electron chi connectivity index (χ2n) is 6.45. The molecular weight excluding hydrogens is 302 g/mol. The molecule has 6 nitrogen and oxygen atoms in total. The molecule has 1 amide bonds. The first kappa shape index (κ1) is 18.1. The van der Waals surface area contributed by atoms with E-state index in [0.717, 1.165) is 41.2 Å². The summed E-state index contributed by atoms with van der Waals surface area (Å²) in [7, 11) is 0. The quantitative estimate of drug-likeness (QED) is 0.884. The van der Waals surface area contributed by atoms with Crippen LogP contribution >= 0.6 is 0 Å². The average Bonchev–Trinajstić information content (AvgIpc) is 2.74. The molecule has 0 unspecified atom stereocenters. The summed E-state index contributed by atoms with van der Waals surface area (Å²) < 4.78 is 1.73. The molecular formula is C18H27N5O. The minimum atomic E-state index is 0.0306. The number of hydrogen-bond acceptors (Lipinski definition) is 4. The van der Waals surface area contributed by atoms with Gasteiger partial charge in [-0.1, -0.05) is 13.3 Å². The first-order valence-electron chi connectivity index (χ1n) is 8.49. The van der Waals surface area contributed by atoms with Crippen LogP contribution in [0.2, 0.25) is 0 Å². The molecule has 24 heavy (non-hydrogen) atoms. The molecule has 2 aromatic rings. The van der Waals surface area contributed by atoms with Crippen LogP contribution in [-0.4, -0.2) is 31.7 Å². The highest BCUT2D eigenvalue weighted by atomic mass is 16.1. The molecule has 1 atom stereocenters. The van der Waals surface area contributed by atoms with Gasteiger partial charge >= 0.3 is 0 Å². The highest BCUT2D eigenvalue weighted by Gasteiger charge is 2.18. The lowest BCUT2D eigenvalue weighted by atomic mass is 10.1. The summed E-state index contributed by atoms with van der Waals surface area (Å²) in [5, 5.41) is 7.59. The third kappa shape index (κ3) is 4.19. The van der Waals surface area contributed by atoms with E-state index in [4.69, 9.17) is 0 Å². The zero-order valence-corrected chi connectivity index (χ0v) is 15.5. The third-order valence-electron chi connectivity index (χ3n) is 4.07. The van der Waals surface area contributed by atoms with Crippen molar-refractivity contribution in [2.45, 2.75) is 66.8 Å². The number of nitrogens with one attached hydrogen (secondary N) is 1. The maximum absolute atomic E-state index is 12.3. The SMILES string of the molecule is CCC[C@@H](C)NC(=O)Cc1c(C)nn(-c2nc(C)cc(C)n2)c1C. The summed E-state index contributed by atoms with van der Waals surface area (Å²) in [5.74, 6) is 0.585. The number of aromatic nitrogens is 4. The predicted molar refractivity (Wildman–Crippen MR) is 94.3 cm³/mol. The standard InChI is InChI=1S/C18H27N5O/c1-7-8-11(2)19-17(24)10-16-14(5)22-23(15(16)6)18-20-12(3)9-13(4)21-18/h9,11H,7-8,10H2,1-6H3,(H,19,24)/t11-/m1/s1. The molecule has 2 aromatic heterocycles. The molecule has 0 radical (unpaired) electrons. The largest absolute Gasteiger partial charge is 0.353 e. The summed E-state index contributed by atoms with van der Waals surface area (Å²) >= 11 is 0. The summed E-state index contributed by atoms with van der Waals surface area (Å²) in [6.45, 7) is 11.9. The Balaban J connectivity index is 2.24. The number of aryl methyl sites for hydroxylation is 3. The van der Waals surface area contributed by atoms with Crippen LogP contribution in [0.4, 0.5) is 0 Å². The fourth-order valence-electron chi connectivity index (χ4n) is 2.92. The molecule has 0 aliphatic heterocycles. The van der Waals surface area contributed by atoms with Gasteiger partial charge in [0.2, 0.25) is 5.91 Å². The molecule has 0 aliphatic rings. The van der Waals surface area contributed by atoms with Crippen LogP contribution in [0.5, 0.6) is 0 Å². The molecule has 0 aliphatic carbocycles. The van der Waals surface area contributed by atoms with E-state index in [1.54, 1.807) is 4.68 Å². The molecule has 0 saturated carbocycles. The van der Waals surface area contributed by atoms with Gasteiger partial charge in [-0.25, -0.2) is 14.6 Å². The van der Waals surface area contributed by atoms with Gasteiger partial charge in [-0.2, -0.15) is 5.10 Å². The molecule has 0 bridgehead atoms. The molecule has 2 heterocycles. The van der Waals surface area contributed by atoms with Gasteiger partial charge in [0.1, 0.15) is 0 Å². The zero-order chi connectivity index (χ0) is 17.9. The Bertz CT molecular complexity index is 715. The molecule has 2 rings (SSSR count). The molecule has 0 aromatic carbocycles. The Labute approximate surface area is 143 Å². The van der Waals surface area contributed by atoms with Gasteiger partial charge in [0.25, 0.3) is 5.95 Å². The van der Waals surface area contributed by atoms with E-state index in [-0.39, 0.29) is 11.9 Å². The van der Waals surface area contributed by atoms with Gasteiger partial charge in [-0.3, -0.25) is 4.79 Å². The maximum atomic E-state index is 12.3. The zero-order valence-electron chi connectivity index (χ0n) is 15.5. The van der Waals surface area contributed by atoms with Crippen LogP contribution in [0.15, 0.2) is 6.07 Å². The first-order chi connectivity index (χ1) is 11.3. The van der Waals surface area contributed by atoms with E-state index in [1.165, 1.54) is 0 Å².